The SMILES string of the molecule is C=C/C=C1/O[C@H](C(F)(F)F)C(C(=O)O)=C/C1=C/C. The second-order valence-electron chi connectivity index (χ2n) is 3.45. The minimum Gasteiger partial charge on any atom is -0.478 e. The maximum atomic E-state index is 12.7. The van der Waals surface area contributed by atoms with E-state index in [9.17, 15) is 18.0 Å². The van der Waals surface area contributed by atoms with Crippen molar-refractivity contribution in [1.29, 1.82) is 0 Å². The molecule has 0 aromatic carbocycles. The van der Waals surface area contributed by atoms with E-state index in [1.165, 1.54) is 18.2 Å². The minimum atomic E-state index is -4.79. The lowest BCUT2D eigenvalue weighted by atomic mass is 10.0. The number of halogens is 3. The van der Waals surface area contributed by atoms with E-state index in [-0.39, 0.29) is 11.3 Å². The zero-order valence-corrected chi connectivity index (χ0v) is 9.49. The van der Waals surface area contributed by atoms with E-state index in [2.05, 4.69) is 6.58 Å². The molecule has 18 heavy (non-hydrogen) atoms. The molecule has 6 heteroatoms. The van der Waals surface area contributed by atoms with E-state index in [0.717, 1.165) is 6.08 Å². The van der Waals surface area contributed by atoms with Crippen LogP contribution in [0, 0.1) is 0 Å². The number of allylic oxidation sites excluding steroid dienone is 4. The highest BCUT2D eigenvalue weighted by atomic mass is 19.4. The maximum absolute atomic E-state index is 12.7. The third-order valence-electron chi connectivity index (χ3n) is 2.25. The fourth-order valence-electron chi connectivity index (χ4n) is 1.46. The first-order valence-corrected chi connectivity index (χ1v) is 4.99. The van der Waals surface area contributed by atoms with Gasteiger partial charge < -0.3 is 9.84 Å². The smallest absolute Gasteiger partial charge is 0.430 e. The van der Waals surface area contributed by atoms with Gasteiger partial charge in [0.15, 0.2) is 0 Å². The second-order valence-corrected chi connectivity index (χ2v) is 3.45. The van der Waals surface area contributed by atoms with E-state index in [1.807, 2.05) is 0 Å². The molecule has 1 N–H and O–H groups in total. The quantitative estimate of drug-likeness (QED) is 0.830. The van der Waals surface area contributed by atoms with Crippen molar-refractivity contribution in [2.45, 2.75) is 19.2 Å². The van der Waals surface area contributed by atoms with Gasteiger partial charge in [0.25, 0.3) is 0 Å². The van der Waals surface area contributed by atoms with Crippen LogP contribution in [0.15, 0.2) is 47.8 Å². The largest absolute Gasteiger partial charge is 0.478 e. The molecule has 0 amide bonds. The summed E-state index contributed by atoms with van der Waals surface area (Å²) in [7, 11) is 0. The van der Waals surface area contributed by atoms with Crippen molar-refractivity contribution in [3.63, 3.8) is 0 Å². The van der Waals surface area contributed by atoms with Gasteiger partial charge in [-0.2, -0.15) is 13.2 Å². The Morgan fingerprint density at radius 1 is 1.56 bits per heavy atom. The van der Waals surface area contributed by atoms with Gasteiger partial charge in [-0.3, -0.25) is 0 Å². The monoisotopic (exact) mass is 260 g/mol. The Kier molecular flexibility index (Phi) is 4.00. The summed E-state index contributed by atoms with van der Waals surface area (Å²) < 4.78 is 42.8. The van der Waals surface area contributed by atoms with Crippen molar-refractivity contribution in [3.8, 4) is 0 Å². The van der Waals surface area contributed by atoms with Crippen molar-refractivity contribution in [2.75, 3.05) is 0 Å². The van der Waals surface area contributed by atoms with Crippen LogP contribution in [0.25, 0.3) is 0 Å². The lowest BCUT2D eigenvalue weighted by molar-refractivity contribution is -0.200. The highest BCUT2D eigenvalue weighted by molar-refractivity contribution is 5.89. The predicted octanol–water partition coefficient (Wildman–Crippen LogP) is 2.97. The first kappa shape index (κ1) is 14.1. The Hall–Kier alpha value is -1.98. The molecule has 98 valence electrons. The molecule has 0 radical (unpaired) electrons. The Morgan fingerprint density at radius 2 is 2.17 bits per heavy atom. The van der Waals surface area contributed by atoms with Crippen LogP contribution >= 0.6 is 0 Å². The van der Waals surface area contributed by atoms with Crippen LogP contribution in [0.2, 0.25) is 0 Å². The summed E-state index contributed by atoms with van der Waals surface area (Å²) >= 11 is 0. The van der Waals surface area contributed by atoms with Crippen LogP contribution in [0.4, 0.5) is 13.2 Å². The molecule has 1 rings (SSSR count). The minimum absolute atomic E-state index is 0.0557. The molecule has 1 aliphatic rings. The Balaban J connectivity index is 3.33. The van der Waals surface area contributed by atoms with Gasteiger partial charge >= 0.3 is 12.1 Å². The van der Waals surface area contributed by atoms with Gasteiger partial charge in [0.1, 0.15) is 5.76 Å². The van der Waals surface area contributed by atoms with Gasteiger partial charge in [-0.1, -0.05) is 18.7 Å². The zero-order chi connectivity index (χ0) is 13.9. The number of carbonyl (C=O) groups is 1. The standard InChI is InChI=1S/C12H11F3O3/c1-3-5-9-7(4-2)6-8(11(16)17)10(18-9)12(13,14)15/h3-6,10H,1H2,2H3,(H,16,17)/b7-4-,9-5+/t10-/m0/s1. The molecule has 0 aromatic rings. The first-order valence-electron chi connectivity index (χ1n) is 4.99. The topological polar surface area (TPSA) is 46.5 Å². The third kappa shape index (κ3) is 2.82. The van der Waals surface area contributed by atoms with E-state index in [0.29, 0.717) is 0 Å². The molecule has 0 spiro atoms. The fourth-order valence-corrected chi connectivity index (χ4v) is 1.46. The average Bonchev–Trinajstić information content (AvgIpc) is 2.27. The number of ether oxygens (including phenoxy) is 1. The van der Waals surface area contributed by atoms with Crippen LogP contribution < -0.4 is 0 Å². The molecule has 0 saturated carbocycles. The Morgan fingerprint density at radius 3 is 2.56 bits per heavy atom. The van der Waals surface area contributed by atoms with E-state index in [4.69, 9.17) is 9.84 Å². The molecule has 0 aromatic heterocycles. The third-order valence-corrected chi connectivity index (χ3v) is 2.25. The van der Waals surface area contributed by atoms with Crippen molar-refractivity contribution < 1.29 is 27.8 Å². The Bertz CT molecular complexity index is 456. The summed E-state index contributed by atoms with van der Waals surface area (Å²) in [5.74, 6) is -1.71. The first-order chi connectivity index (χ1) is 8.31. The number of alkyl halides is 3. The fraction of sp³-hybridized carbons (Fsp3) is 0.250. The van der Waals surface area contributed by atoms with Crippen LogP contribution in [0.3, 0.4) is 0 Å². The highest BCUT2D eigenvalue weighted by Gasteiger charge is 2.48. The Labute approximate surface area is 102 Å². The molecule has 3 nitrogen and oxygen atoms in total. The normalized spacial score (nSPS) is 24.7. The van der Waals surface area contributed by atoms with Crippen molar-refractivity contribution in [3.05, 3.63) is 47.8 Å². The number of hydrogen-bond acceptors (Lipinski definition) is 2. The molecule has 1 aliphatic heterocycles. The van der Waals surface area contributed by atoms with Crippen molar-refractivity contribution in [1.82, 2.24) is 0 Å². The van der Waals surface area contributed by atoms with Crippen LogP contribution in [0.5, 0.6) is 0 Å². The molecule has 0 unspecified atom stereocenters. The van der Waals surface area contributed by atoms with Crippen molar-refractivity contribution >= 4 is 5.97 Å². The number of carboxylic acid groups (broad SMARTS) is 1. The highest BCUT2D eigenvalue weighted by Crippen LogP contribution is 2.36. The van der Waals surface area contributed by atoms with E-state index in [1.54, 1.807) is 6.92 Å². The molecule has 1 atom stereocenters. The summed E-state index contributed by atoms with van der Waals surface area (Å²) in [6, 6.07) is 0. The summed E-state index contributed by atoms with van der Waals surface area (Å²) in [5, 5.41) is 8.79. The van der Waals surface area contributed by atoms with Gasteiger partial charge in [-0.25, -0.2) is 4.79 Å². The van der Waals surface area contributed by atoms with Gasteiger partial charge in [0.05, 0.1) is 5.57 Å². The van der Waals surface area contributed by atoms with Crippen LogP contribution in [-0.2, 0) is 9.53 Å². The second kappa shape index (κ2) is 5.12. The average molecular weight is 260 g/mol. The predicted molar refractivity (Wildman–Crippen MR) is 58.7 cm³/mol. The zero-order valence-electron chi connectivity index (χ0n) is 9.49. The van der Waals surface area contributed by atoms with Gasteiger partial charge in [0.2, 0.25) is 6.10 Å². The van der Waals surface area contributed by atoms with E-state index < -0.39 is 23.8 Å². The maximum Gasteiger partial charge on any atom is 0.430 e. The molecule has 1 heterocycles. The van der Waals surface area contributed by atoms with Gasteiger partial charge in [-0.15, -0.1) is 0 Å². The number of rotatable bonds is 2. The lowest BCUT2D eigenvalue weighted by Gasteiger charge is -2.28. The number of carboxylic acids is 1. The molecule has 0 aliphatic carbocycles. The van der Waals surface area contributed by atoms with Gasteiger partial charge in [0, 0.05) is 5.57 Å². The molecular weight excluding hydrogens is 249 g/mol. The molecule has 0 saturated heterocycles. The summed E-state index contributed by atoms with van der Waals surface area (Å²) in [5.41, 5.74) is -0.565. The summed E-state index contributed by atoms with van der Waals surface area (Å²) in [4.78, 5) is 10.8. The summed E-state index contributed by atoms with van der Waals surface area (Å²) in [6.07, 6.45) is -2.31. The number of aliphatic carboxylic acids is 1. The molecule has 0 bridgehead atoms. The molecule has 0 fully saturated rings. The lowest BCUT2D eigenvalue weighted by Crippen LogP contribution is -2.38. The van der Waals surface area contributed by atoms with Crippen molar-refractivity contribution in [2.24, 2.45) is 0 Å². The van der Waals surface area contributed by atoms with Gasteiger partial charge in [-0.05, 0) is 19.1 Å². The summed E-state index contributed by atoms with van der Waals surface area (Å²) in [6.45, 7) is 4.93. The van der Waals surface area contributed by atoms with Crippen LogP contribution in [-0.4, -0.2) is 23.4 Å². The molecular formula is C12H11F3O3. The number of hydrogen-bond donors (Lipinski definition) is 1. The van der Waals surface area contributed by atoms with E-state index >= 15 is 0 Å². The van der Waals surface area contributed by atoms with Crippen LogP contribution in [0.1, 0.15) is 6.92 Å².